The maximum absolute atomic E-state index is 6.15. The number of rotatable bonds is 5. The number of nitrogens with zero attached hydrogens (tertiary/aromatic N) is 2. The number of likely N-dealkylation sites (tertiary alicyclic amines) is 1. The Bertz CT molecular complexity index is 667. The molecule has 1 aliphatic heterocycles. The first-order valence-corrected chi connectivity index (χ1v) is 8.78. The van der Waals surface area contributed by atoms with Gasteiger partial charge in [0, 0.05) is 11.2 Å². The van der Waals surface area contributed by atoms with E-state index in [0.717, 1.165) is 42.5 Å². The lowest BCUT2D eigenvalue weighted by atomic mass is 9.98. The molecule has 0 aliphatic carbocycles. The van der Waals surface area contributed by atoms with Crippen LogP contribution in [0.1, 0.15) is 18.4 Å². The molecule has 1 aliphatic rings. The van der Waals surface area contributed by atoms with Gasteiger partial charge in [0.1, 0.15) is 11.6 Å². The summed E-state index contributed by atoms with van der Waals surface area (Å²) in [5.74, 6) is 2.22. The molecule has 1 N–H and O–H groups in total. The van der Waals surface area contributed by atoms with Crippen LogP contribution in [0.5, 0.6) is 5.75 Å². The van der Waals surface area contributed by atoms with Crippen LogP contribution in [0, 0.1) is 12.8 Å². The number of aryl methyl sites for hydroxylation is 1. The van der Waals surface area contributed by atoms with Crippen molar-refractivity contribution in [3.05, 3.63) is 47.1 Å². The molecule has 3 rings (SSSR count). The third-order valence-corrected chi connectivity index (χ3v) is 4.66. The molecule has 5 heteroatoms. The number of halogens is 1. The number of hydrogen-bond donors (Lipinski definition) is 1. The minimum absolute atomic E-state index is 0.613. The topological polar surface area (TPSA) is 37.4 Å². The number of ether oxygens (including phenoxy) is 1. The average molecular weight is 346 g/mol. The molecule has 1 aromatic heterocycles. The molecule has 0 radical (unpaired) electrons. The highest BCUT2D eigenvalue weighted by Crippen LogP contribution is 2.31. The Kier molecular flexibility index (Phi) is 5.59. The highest BCUT2D eigenvalue weighted by Gasteiger charge is 2.18. The zero-order valence-electron chi connectivity index (χ0n) is 14.3. The van der Waals surface area contributed by atoms with E-state index >= 15 is 0 Å². The summed E-state index contributed by atoms with van der Waals surface area (Å²) >= 11 is 6.15. The highest BCUT2D eigenvalue weighted by atomic mass is 35.5. The van der Waals surface area contributed by atoms with Gasteiger partial charge in [0.15, 0.2) is 0 Å². The van der Waals surface area contributed by atoms with Crippen molar-refractivity contribution in [1.29, 1.82) is 0 Å². The quantitative estimate of drug-likeness (QED) is 0.865. The van der Waals surface area contributed by atoms with Gasteiger partial charge in [-0.3, -0.25) is 0 Å². The van der Waals surface area contributed by atoms with Crippen LogP contribution in [-0.4, -0.2) is 36.6 Å². The van der Waals surface area contributed by atoms with E-state index in [0.29, 0.717) is 10.9 Å². The smallest absolute Gasteiger partial charge is 0.142 e. The van der Waals surface area contributed by atoms with Crippen molar-refractivity contribution in [3.63, 3.8) is 0 Å². The van der Waals surface area contributed by atoms with E-state index in [-0.39, 0.29) is 0 Å². The molecule has 1 saturated heterocycles. The molecule has 0 spiro atoms. The summed E-state index contributed by atoms with van der Waals surface area (Å²) in [4.78, 5) is 6.76. The van der Waals surface area contributed by atoms with Crippen LogP contribution >= 0.6 is 11.6 Å². The molecule has 0 saturated carbocycles. The van der Waals surface area contributed by atoms with Gasteiger partial charge in [-0.15, -0.1) is 0 Å². The first-order valence-electron chi connectivity index (χ1n) is 8.41. The number of anilines is 2. The lowest BCUT2D eigenvalue weighted by molar-refractivity contribution is 0.160. The van der Waals surface area contributed by atoms with Crippen molar-refractivity contribution in [2.45, 2.75) is 19.8 Å². The Morgan fingerprint density at radius 2 is 2.04 bits per heavy atom. The number of hydrogen-bond acceptors (Lipinski definition) is 4. The summed E-state index contributed by atoms with van der Waals surface area (Å²) < 4.78 is 6.10. The lowest BCUT2D eigenvalue weighted by Gasteiger charge is -2.29. The van der Waals surface area contributed by atoms with Crippen molar-refractivity contribution >= 4 is 23.1 Å². The zero-order valence-corrected chi connectivity index (χ0v) is 15.0. The van der Waals surface area contributed by atoms with E-state index in [1.807, 2.05) is 43.5 Å². The highest BCUT2D eigenvalue weighted by molar-refractivity contribution is 6.31. The molecular weight excluding hydrogens is 322 g/mol. The van der Waals surface area contributed by atoms with Crippen molar-refractivity contribution in [1.82, 2.24) is 9.88 Å². The van der Waals surface area contributed by atoms with Gasteiger partial charge in [0.25, 0.3) is 0 Å². The summed E-state index contributed by atoms with van der Waals surface area (Å²) in [5, 5.41) is 3.98. The second-order valence-corrected chi connectivity index (χ2v) is 6.98. The number of benzene rings is 1. The van der Waals surface area contributed by atoms with Crippen LogP contribution in [0.2, 0.25) is 5.02 Å². The van der Waals surface area contributed by atoms with Crippen molar-refractivity contribution < 1.29 is 4.74 Å². The largest absolute Gasteiger partial charge is 0.491 e. The normalized spacial score (nSPS) is 16.1. The van der Waals surface area contributed by atoms with Gasteiger partial charge >= 0.3 is 0 Å². The van der Waals surface area contributed by atoms with Crippen molar-refractivity contribution in [2.24, 2.45) is 5.92 Å². The molecule has 2 heterocycles. The third kappa shape index (κ3) is 4.62. The fourth-order valence-electron chi connectivity index (χ4n) is 2.84. The molecule has 1 fully saturated rings. The average Bonchev–Trinajstić information content (AvgIpc) is 2.58. The van der Waals surface area contributed by atoms with E-state index in [9.17, 15) is 0 Å². The van der Waals surface area contributed by atoms with E-state index in [1.54, 1.807) is 0 Å². The number of pyridine rings is 1. The summed E-state index contributed by atoms with van der Waals surface area (Å²) in [6.45, 7) is 5.05. The first kappa shape index (κ1) is 17.1. The SMILES string of the molecule is Cc1ccc(Nc2cc(Cl)ccc2OCC2CCN(C)CC2)nc1. The summed E-state index contributed by atoms with van der Waals surface area (Å²) in [7, 11) is 2.17. The Labute approximate surface area is 148 Å². The Morgan fingerprint density at radius 1 is 1.25 bits per heavy atom. The Morgan fingerprint density at radius 3 is 2.75 bits per heavy atom. The van der Waals surface area contributed by atoms with Crippen molar-refractivity contribution in [2.75, 3.05) is 32.1 Å². The Balaban J connectivity index is 1.67. The minimum Gasteiger partial charge on any atom is -0.491 e. The van der Waals surface area contributed by atoms with Crippen LogP contribution in [0.25, 0.3) is 0 Å². The Hall–Kier alpha value is -1.78. The van der Waals surface area contributed by atoms with E-state index in [4.69, 9.17) is 16.3 Å². The predicted octanol–water partition coefficient (Wildman–Crippen LogP) is 4.51. The third-order valence-electron chi connectivity index (χ3n) is 4.43. The maximum Gasteiger partial charge on any atom is 0.142 e. The predicted molar refractivity (Wildman–Crippen MR) is 99.4 cm³/mol. The summed E-state index contributed by atoms with van der Waals surface area (Å²) in [5.41, 5.74) is 1.98. The van der Waals surface area contributed by atoms with Crippen LogP contribution in [0.4, 0.5) is 11.5 Å². The standard InChI is InChI=1S/C19H24ClN3O/c1-14-3-6-19(21-12-14)22-17-11-16(20)4-5-18(17)24-13-15-7-9-23(2)10-8-15/h3-6,11-12,15H,7-10,13H2,1-2H3,(H,21,22). The number of aromatic nitrogens is 1. The lowest BCUT2D eigenvalue weighted by Crippen LogP contribution is -2.32. The van der Waals surface area contributed by atoms with Crippen LogP contribution in [0.3, 0.4) is 0 Å². The molecule has 0 atom stereocenters. The summed E-state index contributed by atoms with van der Waals surface area (Å²) in [6.07, 6.45) is 4.21. The van der Waals surface area contributed by atoms with Gasteiger partial charge < -0.3 is 15.0 Å². The zero-order chi connectivity index (χ0) is 16.9. The van der Waals surface area contributed by atoms with Crippen molar-refractivity contribution in [3.8, 4) is 5.75 Å². The molecular formula is C19H24ClN3O. The second kappa shape index (κ2) is 7.86. The second-order valence-electron chi connectivity index (χ2n) is 6.54. The van der Waals surface area contributed by atoms with Gasteiger partial charge in [-0.25, -0.2) is 4.98 Å². The molecule has 2 aromatic rings. The fourth-order valence-corrected chi connectivity index (χ4v) is 3.01. The van der Waals surface area contributed by atoms with Gasteiger partial charge in [-0.05, 0) is 75.6 Å². The first-order chi connectivity index (χ1) is 11.6. The summed E-state index contributed by atoms with van der Waals surface area (Å²) in [6, 6.07) is 9.65. The number of piperidine rings is 1. The van der Waals surface area contributed by atoms with Crippen LogP contribution in [-0.2, 0) is 0 Å². The van der Waals surface area contributed by atoms with E-state index in [2.05, 4.69) is 22.2 Å². The molecule has 24 heavy (non-hydrogen) atoms. The molecule has 0 bridgehead atoms. The fraction of sp³-hybridized carbons (Fsp3) is 0.421. The monoisotopic (exact) mass is 345 g/mol. The van der Waals surface area contributed by atoms with Gasteiger partial charge in [-0.2, -0.15) is 0 Å². The van der Waals surface area contributed by atoms with Crippen LogP contribution in [0.15, 0.2) is 36.5 Å². The van der Waals surface area contributed by atoms with Gasteiger partial charge in [0.05, 0.1) is 12.3 Å². The molecule has 1 aromatic carbocycles. The van der Waals surface area contributed by atoms with Gasteiger partial charge in [0.2, 0.25) is 0 Å². The van der Waals surface area contributed by atoms with E-state index < -0.39 is 0 Å². The molecule has 0 unspecified atom stereocenters. The number of nitrogens with one attached hydrogen (secondary N) is 1. The van der Waals surface area contributed by atoms with Gasteiger partial charge in [-0.1, -0.05) is 17.7 Å². The molecule has 4 nitrogen and oxygen atoms in total. The maximum atomic E-state index is 6.15. The van der Waals surface area contributed by atoms with E-state index in [1.165, 1.54) is 12.8 Å². The molecule has 0 amide bonds. The molecule has 128 valence electrons. The minimum atomic E-state index is 0.613. The van der Waals surface area contributed by atoms with Crippen LogP contribution < -0.4 is 10.1 Å².